The molecule has 5 rings (SSSR count). The van der Waals surface area contributed by atoms with Gasteiger partial charge in [-0.3, -0.25) is 9.69 Å². The first-order chi connectivity index (χ1) is 13.7. The molecule has 0 atom stereocenters. The van der Waals surface area contributed by atoms with Gasteiger partial charge in [-0.1, -0.05) is 12.1 Å². The van der Waals surface area contributed by atoms with Crippen LogP contribution in [0.1, 0.15) is 15.9 Å². The first-order valence-electron chi connectivity index (χ1n) is 9.22. The summed E-state index contributed by atoms with van der Waals surface area (Å²) in [5.74, 6) is 1.54. The molecule has 2 aliphatic rings. The number of piperazine rings is 1. The number of rotatable bonds is 3. The summed E-state index contributed by atoms with van der Waals surface area (Å²) in [6.07, 6.45) is 0. The molecule has 28 heavy (non-hydrogen) atoms. The number of nitrogen functional groups attached to an aromatic ring is 1. The Bertz CT molecular complexity index is 1040. The number of anilines is 1. The van der Waals surface area contributed by atoms with E-state index in [-0.39, 0.29) is 18.7 Å². The molecule has 1 fully saturated rings. The Morgan fingerprint density at radius 3 is 2.75 bits per heavy atom. The van der Waals surface area contributed by atoms with E-state index >= 15 is 0 Å². The van der Waals surface area contributed by atoms with E-state index in [0.717, 1.165) is 31.1 Å². The molecule has 2 aromatic carbocycles. The van der Waals surface area contributed by atoms with Crippen LogP contribution in [0, 0.1) is 0 Å². The number of aromatic nitrogens is 1. The van der Waals surface area contributed by atoms with Gasteiger partial charge in [0.1, 0.15) is 5.52 Å². The van der Waals surface area contributed by atoms with E-state index in [1.165, 1.54) is 5.56 Å². The molecule has 1 aromatic heterocycles. The lowest BCUT2D eigenvalue weighted by Crippen LogP contribution is -2.48. The summed E-state index contributed by atoms with van der Waals surface area (Å²) in [7, 11) is 0. The second-order valence-corrected chi connectivity index (χ2v) is 6.96. The Kier molecular flexibility index (Phi) is 4.05. The zero-order valence-electron chi connectivity index (χ0n) is 15.3. The second kappa shape index (κ2) is 6.72. The predicted octanol–water partition coefficient (Wildman–Crippen LogP) is 2.10. The van der Waals surface area contributed by atoms with E-state index in [2.05, 4.69) is 16.0 Å². The minimum Gasteiger partial charge on any atom is -0.454 e. The van der Waals surface area contributed by atoms with Crippen molar-refractivity contribution in [3.05, 3.63) is 47.5 Å². The highest BCUT2D eigenvalue weighted by molar-refractivity contribution is 6.04. The third-order valence-electron chi connectivity index (χ3n) is 5.16. The maximum absolute atomic E-state index is 13.0. The Morgan fingerprint density at radius 2 is 1.89 bits per heavy atom. The lowest BCUT2D eigenvalue weighted by atomic mass is 10.1. The third-order valence-corrected chi connectivity index (χ3v) is 5.16. The molecular weight excluding hydrogens is 360 g/mol. The van der Waals surface area contributed by atoms with Gasteiger partial charge in [0, 0.05) is 32.7 Å². The van der Waals surface area contributed by atoms with Crippen LogP contribution in [0.5, 0.6) is 11.5 Å². The van der Waals surface area contributed by atoms with E-state index in [9.17, 15) is 4.79 Å². The number of carbonyl (C=O) groups is 1. The number of hydrogen-bond donors (Lipinski definition) is 1. The van der Waals surface area contributed by atoms with Crippen molar-refractivity contribution in [3.63, 3.8) is 0 Å². The van der Waals surface area contributed by atoms with Crippen LogP contribution in [0.25, 0.3) is 11.1 Å². The summed E-state index contributed by atoms with van der Waals surface area (Å²) >= 11 is 0. The van der Waals surface area contributed by atoms with Gasteiger partial charge in [-0.25, -0.2) is 0 Å². The van der Waals surface area contributed by atoms with Gasteiger partial charge in [0.2, 0.25) is 6.79 Å². The molecule has 0 aliphatic carbocycles. The molecule has 0 saturated carbocycles. The standard InChI is InChI=1S/C20H20N4O4/c21-20-22-15-3-1-2-14(18(15)28-20)19(25)24-8-6-23(7-9-24)11-13-4-5-16-17(10-13)27-12-26-16/h1-5,10H,6-9,11-12H2,(H2,21,22). The van der Waals surface area contributed by atoms with Crippen molar-refractivity contribution in [1.29, 1.82) is 0 Å². The molecule has 2 aliphatic heterocycles. The van der Waals surface area contributed by atoms with Crippen molar-refractivity contribution in [3.8, 4) is 11.5 Å². The monoisotopic (exact) mass is 380 g/mol. The van der Waals surface area contributed by atoms with Crippen LogP contribution in [-0.4, -0.2) is 53.7 Å². The predicted molar refractivity (Wildman–Crippen MR) is 102 cm³/mol. The SMILES string of the molecule is Nc1nc2cccc(C(=O)N3CCN(Cc4ccc5c(c4)OCO5)CC3)c2o1. The van der Waals surface area contributed by atoms with Crippen LogP contribution in [0.3, 0.4) is 0 Å². The van der Waals surface area contributed by atoms with E-state index in [1.807, 2.05) is 17.0 Å². The molecule has 8 heteroatoms. The number of fused-ring (bicyclic) bond motifs is 2. The van der Waals surface area contributed by atoms with Crippen molar-refractivity contribution >= 4 is 23.0 Å². The van der Waals surface area contributed by atoms with Gasteiger partial charge >= 0.3 is 0 Å². The maximum atomic E-state index is 13.0. The largest absolute Gasteiger partial charge is 0.454 e. The highest BCUT2D eigenvalue weighted by atomic mass is 16.7. The van der Waals surface area contributed by atoms with Crippen molar-refractivity contribution in [1.82, 2.24) is 14.8 Å². The number of amides is 1. The van der Waals surface area contributed by atoms with Gasteiger partial charge in [-0.05, 0) is 29.8 Å². The maximum Gasteiger partial charge on any atom is 0.293 e. The Labute approximate surface area is 161 Å². The minimum atomic E-state index is -0.0514. The van der Waals surface area contributed by atoms with Gasteiger partial charge in [0.25, 0.3) is 11.9 Å². The molecule has 0 unspecified atom stereocenters. The smallest absolute Gasteiger partial charge is 0.293 e. The van der Waals surface area contributed by atoms with E-state index in [1.54, 1.807) is 18.2 Å². The molecular formula is C20H20N4O4. The fourth-order valence-corrected chi connectivity index (χ4v) is 3.71. The van der Waals surface area contributed by atoms with Crippen LogP contribution in [0.4, 0.5) is 6.01 Å². The van der Waals surface area contributed by atoms with Gasteiger partial charge in [0.15, 0.2) is 17.1 Å². The lowest BCUT2D eigenvalue weighted by molar-refractivity contribution is 0.0629. The molecule has 144 valence electrons. The van der Waals surface area contributed by atoms with Crippen LogP contribution in [0.2, 0.25) is 0 Å². The first-order valence-corrected chi connectivity index (χ1v) is 9.22. The van der Waals surface area contributed by atoms with Crippen LogP contribution < -0.4 is 15.2 Å². The van der Waals surface area contributed by atoms with Crippen molar-refractivity contribution < 1.29 is 18.7 Å². The van der Waals surface area contributed by atoms with Gasteiger partial charge < -0.3 is 24.5 Å². The first kappa shape index (κ1) is 16.9. The molecule has 1 saturated heterocycles. The van der Waals surface area contributed by atoms with Crippen molar-refractivity contribution in [2.45, 2.75) is 6.54 Å². The number of benzene rings is 2. The van der Waals surface area contributed by atoms with Gasteiger partial charge in [-0.15, -0.1) is 0 Å². The highest BCUT2D eigenvalue weighted by Crippen LogP contribution is 2.33. The minimum absolute atomic E-state index is 0.0514. The summed E-state index contributed by atoms with van der Waals surface area (Å²) in [4.78, 5) is 21.2. The zero-order chi connectivity index (χ0) is 19.1. The molecule has 0 bridgehead atoms. The Balaban J connectivity index is 1.25. The molecule has 0 radical (unpaired) electrons. The summed E-state index contributed by atoms with van der Waals surface area (Å²) in [5, 5.41) is 0. The van der Waals surface area contributed by atoms with E-state index in [0.29, 0.717) is 29.8 Å². The Hall–Kier alpha value is -3.26. The molecule has 2 N–H and O–H groups in total. The average molecular weight is 380 g/mol. The number of hydrogen-bond acceptors (Lipinski definition) is 7. The van der Waals surface area contributed by atoms with Crippen LogP contribution >= 0.6 is 0 Å². The fraction of sp³-hybridized carbons (Fsp3) is 0.300. The van der Waals surface area contributed by atoms with Crippen molar-refractivity contribution in [2.75, 3.05) is 38.7 Å². The van der Waals surface area contributed by atoms with E-state index < -0.39 is 0 Å². The normalized spacial score (nSPS) is 16.6. The number of ether oxygens (including phenoxy) is 2. The number of nitrogens with zero attached hydrogens (tertiary/aromatic N) is 3. The Morgan fingerprint density at radius 1 is 1.07 bits per heavy atom. The summed E-state index contributed by atoms with van der Waals surface area (Å²) in [6.45, 7) is 4.01. The molecule has 0 spiro atoms. The molecule has 8 nitrogen and oxygen atoms in total. The number of nitrogens with two attached hydrogens (primary N) is 1. The van der Waals surface area contributed by atoms with Crippen molar-refractivity contribution in [2.24, 2.45) is 0 Å². The summed E-state index contributed by atoms with van der Waals surface area (Å²) in [5.41, 5.74) is 8.37. The number of carbonyl (C=O) groups excluding carboxylic acids is 1. The molecule has 3 heterocycles. The highest BCUT2D eigenvalue weighted by Gasteiger charge is 2.25. The lowest BCUT2D eigenvalue weighted by Gasteiger charge is -2.34. The zero-order valence-corrected chi connectivity index (χ0v) is 15.3. The molecule has 1 amide bonds. The number of oxazole rings is 1. The fourth-order valence-electron chi connectivity index (χ4n) is 3.71. The summed E-state index contributed by atoms with van der Waals surface area (Å²) in [6, 6.07) is 11.4. The van der Waals surface area contributed by atoms with Crippen LogP contribution in [-0.2, 0) is 6.54 Å². The molecule has 3 aromatic rings. The quantitative estimate of drug-likeness (QED) is 0.743. The second-order valence-electron chi connectivity index (χ2n) is 6.96. The van der Waals surface area contributed by atoms with Gasteiger partial charge in [0.05, 0.1) is 5.56 Å². The topological polar surface area (TPSA) is 94.1 Å². The van der Waals surface area contributed by atoms with Gasteiger partial charge in [-0.2, -0.15) is 4.98 Å². The summed E-state index contributed by atoms with van der Waals surface area (Å²) < 4.78 is 16.2. The average Bonchev–Trinajstić information content (AvgIpc) is 3.32. The van der Waals surface area contributed by atoms with Crippen LogP contribution in [0.15, 0.2) is 40.8 Å². The number of para-hydroxylation sites is 1. The van der Waals surface area contributed by atoms with E-state index in [4.69, 9.17) is 19.6 Å². The third kappa shape index (κ3) is 3.01.